The van der Waals surface area contributed by atoms with Gasteiger partial charge in [0, 0.05) is 15.6 Å². The number of benzene rings is 2. The second-order valence-electron chi connectivity index (χ2n) is 4.47. The molecule has 0 saturated heterocycles. The summed E-state index contributed by atoms with van der Waals surface area (Å²) in [6, 6.07) is 11.1. The molecule has 0 aromatic heterocycles. The molecule has 19 heavy (non-hydrogen) atoms. The van der Waals surface area contributed by atoms with Gasteiger partial charge in [0.05, 0.1) is 7.11 Å². The van der Waals surface area contributed by atoms with Gasteiger partial charge in [0.15, 0.2) is 5.78 Å². The molecule has 0 spiro atoms. The summed E-state index contributed by atoms with van der Waals surface area (Å²) in [5.74, 6) is 0.788. The van der Waals surface area contributed by atoms with Gasteiger partial charge in [0.25, 0.3) is 0 Å². The minimum atomic E-state index is 0.0377. The summed E-state index contributed by atoms with van der Waals surface area (Å²) in [5.41, 5.74) is 3.44. The molecule has 2 aromatic carbocycles. The minimum absolute atomic E-state index is 0.0377. The average Bonchev–Trinajstić information content (AvgIpc) is 2.42. The number of hydrogen-bond donors (Lipinski definition) is 0. The molecule has 2 aromatic rings. The molecule has 0 aliphatic rings. The molecular weight excluding hydrogens is 304 g/mol. The van der Waals surface area contributed by atoms with E-state index in [1.807, 2.05) is 26.0 Å². The lowest BCUT2D eigenvalue weighted by Crippen LogP contribution is -2.04. The predicted molar refractivity (Wildman–Crippen MR) is 80.0 cm³/mol. The summed E-state index contributed by atoms with van der Waals surface area (Å²) < 4.78 is 6.12. The van der Waals surface area contributed by atoms with Crippen LogP contribution in [0.2, 0.25) is 0 Å². The second kappa shape index (κ2) is 5.57. The zero-order valence-electron chi connectivity index (χ0n) is 11.2. The third kappa shape index (κ3) is 2.87. The summed E-state index contributed by atoms with van der Waals surface area (Å²) >= 11 is 3.48. The van der Waals surface area contributed by atoms with Gasteiger partial charge in [0.1, 0.15) is 5.75 Å². The quantitative estimate of drug-likeness (QED) is 0.788. The number of rotatable bonds is 3. The van der Waals surface area contributed by atoms with E-state index in [-0.39, 0.29) is 5.78 Å². The highest BCUT2D eigenvalue weighted by Crippen LogP contribution is 2.23. The Hall–Kier alpha value is -1.61. The number of hydrogen-bond acceptors (Lipinski definition) is 2. The van der Waals surface area contributed by atoms with Crippen LogP contribution in [-0.4, -0.2) is 12.9 Å². The number of carbonyl (C=O) groups excluding carboxylic acids is 1. The van der Waals surface area contributed by atoms with Crippen molar-refractivity contribution in [2.45, 2.75) is 13.8 Å². The zero-order valence-corrected chi connectivity index (χ0v) is 12.7. The topological polar surface area (TPSA) is 26.3 Å². The predicted octanol–water partition coefficient (Wildman–Crippen LogP) is 4.31. The molecule has 0 heterocycles. The molecule has 0 saturated carbocycles. The van der Waals surface area contributed by atoms with Gasteiger partial charge < -0.3 is 4.74 Å². The van der Waals surface area contributed by atoms with Gasteiger partial charge in [-0.15, -0.1) is 0 Å². The summed E-state index contributed by atoms with van der Waals surface area (Å²) in [5, 5.41) is 0. The van der Waals surface area contributed by atoms with Crippen molar-refractivity contribution in [3.63, 3.8) is 0 Å². The van der Waals surface area contributed by atoms with E-state index in [9.17, 15) is 4.79 Å². The fraction of sp³-hybridized carbons (Fsp3) is 0.188. The lowest BCUT2D eigenvalue weighted by Gasteiger charge is -2.09. The third-order valence-electron chi connectivity index (χ3n) is 3.10. The van der Waals surface area contributed by atoms with E-state index in [1.54, 1.807) is 31.4 Å². The van der Waals surface area contributed by atoms with Gasteiger partial charge in [-0.25, -0.2) is 0 Å². The number of ketones is 1. The Morgan fingerprint density at radius 3 is 2.26 bits per heavy atom. The van der Waals surface area contributed by atoms with Crippen LogP contribution in [0, 0.1) is 13.8 Å². The molecule has 0 amide bonds. The molecule has 0 aliphatic heterocycles. The highest BCUT2D eigenvalue weighted by molar-refractivity contribution is 9.10. The van der Waals surface area contributed by atoms with E-state index < -0.39 is 0 Å². The maximum atomic E-state index is 12.5. The molecule has 0 N–H and O–H groups in total. The van der Waals surface area contributed by atoms with Crippen LogP contribution in [0.4, 0.5) is 0 Å². The normalized spacial score (nSPS) is 10.3. The number of ether oxygens (including phenoxy) is 1. The number of halogens is 1. The number of methoxy groups -OCH3 is 1. The fourth-order valence-electron chi connectivity index (χ4n) is 1.92. The van der Waals surface area contributed by atoms with Gasteiger partial charge in [-0.1, -0.05) is 15.9 Å². The molecule has 0 fully saturated rings. The molecule has 2 rings (SSSR count). The molecule has 3 heteroatoms. The molecular formula is C16H15BrO2. The van der Waals surface area contributed by atoms with E-state index in [2.05, 4.69) is 15.9 Å². The van der Waals surface area contributed by atoms with Crippen molar-refractivity contribution < 1.29 is 9.53 Å². The van der Waals surface area contributed by atoms with Crippen LogP contribution in [-0.2, 0) is 0 Å². The van der Waals surface area contributed by atoms with E-state index >= 15 is 0 Å². The Balaban J connectivity index is 2.40. The molecule has 0 atom stereocenters. The van der Waals surface area contributed by atoms with E-state index in [4.69, 9.17) is 4.74 Å². The Morgan fingerprint density at radius 1 is 1.05 bits per heavy atom. The molecule has 2 nitrogen and oxygen atoms in total. The van der Waals surface area contributed by atoms with Crippen LogP contribution < -0.4 is 4.74 Å². The van der Waals surface area contributed by atoms with Crippen LogP contribution in [0.3, 0.4) is 0 Å². The summed E-state index contributed by atoms with van der Waals surface area (Å²) in [4.78, 5) is 12.5. The molecule has 98 valence electrons. The largest absolute Gasteiger partial charge is 0.497 e. The van der Waals surface area contributed by atoms with Crippen LogP contribution in [0.25, 0.3) is 0 Å². The lowest BCUT2D eigenvalue weighted by atomic mass is 9.97. The summed E-state index contributed by atoms with van der Waals surface area (Å²) in [7, 11) is 1.61. The smallest absolute Gasteiger partial charge is 0.193 e. The van der Waals surface area contributed by atoms with Crippen molar-refractivity contribution >= 4 is 21.7 Å². The molecule has 0 bridgehead atoms. The van der Waals surface area contributed by atoms with Gasteiger partial charge >= 0.3 is 0 Å². The van der Waals surface area contributed by atoms with Gasteiger partial charge in [-0.05, 0) is 61.4 Å². The molecule has 0 radical (unpaired) electrons. The van der Waals surface area contributed by atoms with Crippen LogP contribution >= 0.6 is 15.9 Å². The lowest BCUT2D eigenvalue weighted by molar-refractivity contribution is 0.103. The van der Waals surface area contributed by atoms with Crippen LogP contribution in [0.15, 0.2) is 40.9 Å². The fourth-order valence-corrected chi connectivity index (χ4v) is 2.38. The SMILES string of the molecule is COc1ccc(C(=O)c2cc(C)c(Br)cc2C)cc1. The number of aryl methyl sites for hydroxylation is 2. The average molecular weight is 319 g/mol. The van der Waals surface area contributed by atoms with Crippen molar-refractivity contribution in [2.75, 3.05) is 7.11 Å². The van der Waals surface area contributed by atoms with E-state index in [0.717, 1.165) is 26.9 Å². The van der Waals surface area contributed by atoms with E-state index in [0.29, 0.717) is 5.56 Å². The standard InChI is InChI=1S/C16H15BrO2/c1-10-9-15(17)11(2)8-14(10)16(18)12-4-6-13(19-3)7-5-12/h4-9H,1-3H3. The monoisotopic (exact) mass is 318 g/mol. The van der Waals surface area contributed by atoms with Crippen LogP contribution in [0.1, 0.15) is 27.0 Å². The highest BCUT2D eigenvalue weighted by atomic mass is 79.9. The van der Waals surface area contributed by atoms with Crippen molar-refractivity contribution in [3.8, 4) is 5.75 Å². The van der Waals surface area contributed by atoms with Crippen molar-refractivity contribution in [3.05, 3.63) is 63.1 Å². The Labute approximate surface area is 121 Å². The zero-order chi connectivity index (χ0) is 14.0. The maximum Gasteiger partial charge on any atom is 0.193 e. The van der Waals surface area contributed by atoms with Crippen LogP contribution in [0.5, 0.6) is 5.75 Å². The number of carbonyl (C=O) groups is 1. The Kier molecular flexibility index (Phi) is 4.05. The first-order valence-electron chi connectivity index (χ1n) is 5.98. The van der Waals surface area contributed by atoms with Gasteiger partial charge in [-0.3, -0.25) is 4.79 Å². The summed E-state index contributed by atoms with van der Waals surface area (Å²) in [6.45, 7) is 3.93. The highest BCUT2D eigenvalue weighted by Gasteiger charge is 2.13. The Morgan fingerprint density at radius 2 is 1.68 bits per heavy atom. The maximum absolute atomic E-state index is 12.5. The van der Waals surface area contributed by atoms with Crippen molar-refractivity contribution in [2.24, 2.45) is 0 Å². The third-order valence-corrected chi connectivity index (χ3v) is 3.96. The minimum Gasteiger partial charge on any atom is -0.497 e. The van der Waals surface area contributed by atoms with Gasteiger partial charge in [0.2, 0.25) is 0 Å². The second-order valence-corrected chi connectivity index (χ2v) is 5.33. The van der Waals surface area contributed by atoms with Gasteiger partial charge in [-0.2, -0.15) is 0 Å². The Bertz CT molecular complexity index is 615. The van der Waals surface area contributed by atoms with E-state index in [1.165, 1.54) is 0 Å². The molecule has 0 aliphatic carbocycles. The summed E-state index contributed by atoms with van der Waals surface area (Å²) in [6.07, 6.45) is 0. The first-order chi connectivity index (χ1) is 9.02. The first kappa shape index (κ1) is 13.8. The van der Waals surface area contributed by atoms with Crippen molar-refractivity contribution in [1.82, 2.24) is 0 Å². The first-order valence-corrected chi connectivity index (χ1v) is 6.77. The molecule has 0 unspecified atom stereocenters. The van der Waals surface area contributed by atoms with Crippen molar-refractivity contribution in [1.29, 1.82) is 0 Å².